The zero-order valence-corrected chi connectivity index (χ0v) is 8.78. The summed E-state index contributed by atoms with van der Waals surface area (Å²) in [5.74, 6) is -0.591. The molecule has 0 fully saturated rings. The Morgan fingerprint density at radius 3 is 2.46 bits per heavy atom. The Balaban J connectivity index is 4.04. The SMILES string of the molecule is CS(=O)NC(=O)C(N)CC(C)(C)F. The molecule has 0 aromatic heterocycles. The van der Waals surface area contributed by atoms with E-state index >= 15 is 0 Å². The van der Waals surface area contributed by atoms with Crippen molar-refractivity contribution >= 4 is 16.9 Å². The molecule has 3 N–H and O–H groups in total. The third-order valence-corrected chi connectivity index (χ3v) is 1.78. The van der Waals surface area contributed by atoms with E-state index in [-0.39, 0.29) is 6.42 Å². The molecule has 2 atom stereocenters. The van der Waals surface area contributed by atoms with E-state index in [0.717, 1.165) is 0 Å². The number of nitrogens with one attached hydrogen (secondary N) is 1. The van der Waals surface area contributed by atoms with Gasteiger partial charge in [0.15, 0.2) is 0 Å². The molecule has 6 heteroatoms. The van der Waals surface area contributed by atoms with Crippen LogP contribution in [0, 0.1) is 0 Å². The van der Waals surface area contributed by atoms with Crippen LogP contribution in [0.3, 0.4) is 0 Å². The minimum Gasteiger partial charge on any atom is -0.320 e. The summed E-state index contributed by atoms with van der Waals surface area (Å²) in [6, 6.07) is -0.955. The summed E-state index contributed by atoms with van der Waals surface area (Å²) in [6.07, 6.45) is 1.22. The molecule has 78 valence electrons. The Morgan fingerprint density at radius 2 is 2.15 bits per heavy atom. The Hall–Kier alpha value is -0.490. The smallest absolute Gasteiger partial charge is 0.248 e. The largest absolute Gasteiger partial charge is 0.320 e. The first-order chi connectivity index (χ1) is 5.72. The molecule has 13 heavy (non-hydrogen) atoms. The molecule has 4 nitrogen and oxygen atoms in total. The van der Waals surface area contributed by atoms with Gasteiger partial charge in [-0.15, -0.1) is 0 Å². The van der Waals surface area contributed by atoms with Crippen molar-refractivity contribution in [2.75, 3.05) is 6.26 Å². The molecule has 0 aliphatic carbocycles. The van der Waals surface area contributed by atoms with Gasteiger partial charge in [0.2, 0.25) is 5.91 Å². The quantitative estimate of drug-likeness (QED) is 0.678. The fraction of sp³-hybridized carbons (Fsp3) is 0.857. The van der Waals surface area contributed by atoms with Crippen molar-refractivity contribution in [2.24, 2.45) is 5.73 Å². The van der Waals surface area contributed by atoms with Crippen molar-refractivity contribution in [2.45, 2.75) is 32.0 Å². The first-order valence-corrected chi connectivity index (χ1v) is 5.36. The van der Waals surface area contributed by atoms with Gasteiger partial charge in [0, 0.05) is 12.7 Å². The number of hydrogen-bond acceptors (Lipinski definition) is 3. The van der Waals surface area contributed by atoms with Crippen molar-refractivity contribution in [3.63, 3.8) is 0 Å². The molecule has 0 heterocycles. The van der Waals surface area contributed by atoms with Crippen LogP contribution in [-0.2, 0) is 15.8 Å². The van der Waals surface area contributed by atoms with Crippen LogP contribution in [0.1, 0.15) is 20.3 Å². The first-order valence-electron chi connectivity index (χ1n) is 3.81. The molecule has 1 amide bonds. The van der Waals surface area contributed by atoms with E-state index in [9.17, 15) is 13.4 Å². The van der Waals surface area contributed by atoms with Gasteiger partial charge in [-0.25, -0.2) is 8.60 Å². The lowest BCUT2D eigenvalue weighted by atomic mass is 10.0. The third kappa shape index (κ3) is 6.65. The highest BCUT2D eigenvalue weighted by Gasteiger charge is 2.24. The minimum atomic E-state index is -1.49. The summed E-state index contributed by atoms with van der Waals surface area (Å²) < 4.78 is 25.7. The average Bonchev–Trinajstić information content (AvgIpc) is 1.81. The molecule has 0 spiro atoms. The van der Waals surface area contributed by atoms with E-state index in [2.05, 4.69) is 4.72 Å². The second kappa shape index (κ2) is 4.66. The lowest BCUT2D eigenvalue weighted by Gasteiger charge is -2.18. The third-order valence-electron chi connectivity index (χ3n) is 1.29. The summed E-state index contributed by atoms with van der Waals surface area (Å²) in [6.45, 7) is 2.67. The molecule has 0 bridgehead atoms. The Kier molecular flexibility index (Phi) is 4.49. The number of halogens is 1. The Bertz CT molecular complexity index is 215. The number of nitrogens with two attached hydrogens (primary N) is 1. The predicted octanol–water partition coefficient (Wildman–Crippen LogP) is -0.138. The van der Waals surface area contributed by atoms with Crippen molar-refractivity contribution in [1.29, 1.82) is 0 Å². The van der Waals surface area contributed by atoms with Gasteiger partial charge >= 0.3 is 0 Å². The average molecular weight is 210 g/mol. The van der Waals surface area contributed by atoms with Crippen molar-refractivity contribution in [3.05, 3.63) is 0 Å². The number of carbonyl (C=O) groups excluding carboxylic acids is 1. The van der Waals surface area contributed by atoms with Crippen LogP contribution in [0.4, 0.5) is 4.39 Å². The number of alkyl halides is 1. The van der Waals surface area contributed by atoms with Crippen LogP contribution in [0.15, 0.2) is 0 Å². The molecular formula is C7H15FN2O2S. The van der Waals surface area contributed by atoms with Crippen LogP contribution in [0.5, 0.6) is 0 Å². The fourth-order valence-electron chi connectivity index (χ4n) is 0.833. The molecule has 2 unspecified atom stereocenters. The van der Waals surface area contributed by atoms with Crippen molar-refractivity contribution in [3.8, 4) is 0 Å². The zero-order valence-electron chi connectivity index (χ0n) is 7.96. The van der Waals surface area contributed by atoms with Gasteiger partial charge in [0.1, 0.15) is 16.7 Å². The van der Waals surface area contributed by atoms with Crippen molar-refractivity contribution < 1.29 is 13.4 Å². The van der Waals surface area contributed by atoms with E-state index < -0.39 is 28.6 Å². The van der Waals surface area contributed by atoms with Gasteiger partial charge in [-0.2, -0.15) is 0 Å². The van der Waals surface area contributed by atoms with Gasteiger partial charge in [-0.1, -0.05) is 0 Å². The predicted molar refractivity (Wildman–Crippen MR) is 50.0 cm³/mol. The maximum Gasteiger partial charge on any atom is 0.248 e. The second-order valence-electron chi connectivity index (χ2n) is 3.45. The number of rotatable bonds is 4. The number of amides is 1. The normalized spacial score (nSPS) is 16.4. The topological polar surface area (TPSA) is 72.2 Å². The van der Waals surface area contributed by atoms with Crippen LogP contribution >= 0.6 is 0 Å². The van der Waals surface area contributed by atoms with Crippen LogP contribution < -0.4 is 10.5 Å². The zero-order chi connectivity index (χ0) is 10.6. The van der Waals surface area contributed by atoms with Gasteiger partial charge in [-0.05, 0) is 13.8 Å². The second-order valence-corrected chi connectivity index (χ2v) is 4.56. The van der Waals surface area contributed by atoms with Crippen molar-refractivity contribution in [1.82, 2.24) is 4.72 Å². The molecule has 0 aromatic carbocycles. The first kappa shape index (κ1) is 12.5. The standard InChI is InChI=1S/C7H15FN2O2S/c1-7(2,8)4-5(9)6(11)10-13(3)12/h5H,4,9H2,1-3H3,(H,10,11). The van der Waals surface area contributed by atoms with E-state index in [1.807, 2.05) is 0 Å². The highest BCUT2D eigenvalue weighted by molar-refractivity contribution is 7.82. The van der Waals surface area contributed by atoms with Crippen LogP contribution in [-0.4, -0.2) is 28.1 Å². The maximum absolute atomic E-state index is 13.0. The van der Waals surface area contributed by atoms with E-state index in [1.54, 1.807) is 0 Å². The summed E-state index contributed by atoms with van der Waals surface area (Å²) in [7, 11) is -1.45. The fourth-order valence-corrected chi connectivity index (χ4v) is 1.27. The summed E-state index contributed by atoms with van der Waals surface area (Å²) in [4.78, 5) is 11.0. The Morgan fingerprint density at radius 1 is 1.69 bits per heavy atom. The minimum absolute atomic E-state index is 0.0873. The molecular weight excluding hydrogens is 195 g/mol. The Labute approximate surface area is 79.7 Å². The lowest BCUT2D eigenvalue weighted by Crippen LogP contribution is -2.44. The van der Waals surface area contributed by atoms with Crippen LogP contribution in [0.2, 0.25) is 0 Å². The van der Waals surface area contributed by atoms with Gasteiger partial charge < -0.3 is 5.73 Å². The molecule has 0 saturated heterocycles. The summed E-state index contributed by atoms with van der Waals surface area (Å²) in [5.41, 5.74) is 3.87. The molecule has 0 aromatic rings. The van der Waals surface area contributed by atoms with Gasteiger partial charge in [-0.3, -0.25) is 9.52 Å². The van der Waals surface area contributed by atoms with Gasteiger partial charge in [0.05, 0.1) is 6.04 Å². The molecule has 0 rings (SSSR count). The highest BCUT2D eigenvalue weighted by atomic mass is 32.2. The van der Waals surface area contributed by atoms with Gasteiger partial charge in [0.25, 0.3) is 0 Å². The maximum atomic E-state index is 13.0. The van der Waals surface area contributed by atoms with E-state index in [4.69, 9.17) is 5.73 Å². The molecule has 0 radical (unpaired) electrons. The molecule has 0 aliphatic heterocycles. The molecule has 0 aliphatic rings. The monoisotopic (exact) mass is 210 g/mol. The lowest BCUT2D eigenvalue weighted by molar-refractivity contribution is -0.121. The number of carbonyl (C=O) groups is 1. The summed E-state index contributed by atoms with van der Waals surface area (Å²) >= 11 is 0. The molecule has 0 saturated carbocycles. The van der Waals surface area contributed by atoms with E-state index in [0.29, 0.717) is 0 Å². The highest BCUT2D eigenvalue weighted by Crippen LogP contribution is 2.15. The van der Waals surface area contributed by atoms with E-state index in [1.165, 1.54) is 20.1 Å². The number of hydrogen-bond donors (Lipinski definition) is 2. The summed E-state index contributed by atoms with van der Waals surface area (Å²) in [5, 5.41) is 0. The van der Waals surface area contributed by atoms with Crippen LogP contribution in [0.25, 0.3) is 0 Å².